The van der Waals surface area contributed by atoms with Crippen molar-refractivity contribution in [3.8, 4) is 5.75 Å². The molecule has 2 fully saturated rings. The van der Waals surface area contributed by atoms with Gasteiger partial charge in [-0.1, -0.05) is 18.2 Å². The molecule has 4 amide bonds. The molecule has 0 saturated carbocycles. The van der Waals surface area contributed by atoms with Crippen molar-refractivity contribution in [1.82, 2.24) is 15.5 Å². The molecule has 3 aliphatic heterocycles. The van der Waals surface area contributed by atoms with Crippen molar-refractivity contribution in [2.75, 3.05) is 32.9 Å². The summed E-state index contributed by atoms with van der Waals surface area (Å²) in [6.07, 6.45) is 2.07. The van der Waals surface area contributed by atoms with Gasteiger partial charge in [0.15, 0.2) is 12.1 Å². The molecular formula is C20H23N3O7. The Bertz CT molecular complexity index is 868. The van der Waals surface area contributed by atoms with E-state index in [0.717, 1.165) is 17.7 Å². The summed E-state index contributed by atoms with van der Waals surface area (Å²) >= 11 is 0. The predicted octanol–water partition coefficient (Wildman–Crippen LogP) is 0.0546. The summed E-state index contributed by atoms with van der Waals surface area (Å²) in [5.74, 6) is -1.33. The molecule has 0 radical (unpaired) electrons. The lowest BCUT2D eigenvalue weighted by Crippen LogP contribution is -2.47. The van der Waals surface area contributed by atoms with Crippen molar-refractivity contribution in [3.63, 3.8) is 0 Å². The number of ether oxygens (including phenoxy) is 3. The highest BCUT2D eigenvalue weighted by Gasteiger charge is 2.55. The Morgan fingerprint density at radius 1 is 1.27 bits per heavy atom. The second kappa shape index (κ2) is 8.31. The van der Waals surface area contributed by atoms with Crippen molar-refractivity contribution >= 4 is 23.8 Å². The number of imide groups is 1. The van der Waals surface area contributed by atoms with E-state index in [1.807, 2.05) is 0 Å². The summed E-state index contributed by atoms with van der Waals surface area (Å²) < 4.78 is 15.9. The van der Waals surface area contributed by atoms with Crippen molar-refractivity contribution in [2.45, 2.75) is 30.9 Å². The van der Waals surface area contributed by atoms with E-state index in [4.69, 9.17) is 14.2 Å². The molecule has 30 heavy (non-hydrogen) atoms. The van der Waals surface area contributed by atoms with E-state index in [1.54, 1.807) is 24.3 Å². The fourth-order valence-corrected chi connectivity index (χ4v) is 3.92. The molecule has 10 nitrogen and oxygen atoms in total. The first-order valence-electron chi connectivity index (χ1n) is 9.90. The van der Waals surface area contributed by atoms with Gasteiger partial charge in [0.05, 0.1) is 12.7 Å². The van der Waals surface area contributed by atoms with E-state index in [9.17, 15) is 19.2 Å². The smallest absolute Gasteiger partial charge is 0.326 e. The van der Waals surface area contributed by atoms with Crippen LogP contribution in [0.25, 0.3) is 0 Å². The Kier molecular flexibility index (Phi) is 5.58. The SMILES string of the molecule is O=C(COC(=O)CN1C(=O)N[C@@]2(CCOc3ccccc32)C1=O)NC[C@H]1CCCO1. The van der Waals surface area contributed by atoms with Crippen LogP contribution in [0.15, 0.2) is 24.3 Å². The highest BCUT2D eigenvalue weighted by Crippen LogP contribution is 2.40. The maximum atomic E-state index is 13.1. The third-order valence-corrected chi connectivity index (χ3v) is 5.46. The molecule has 2 saturated heterocycles. The van der Waals surface area contributed by atoms with E-state index >= 15 is 0 Å². The number of carbonyl (C=O) groups excluding carboxylic acids is 4. The summed E-state index contributed by atoms with van der Waals surface area (Å²) in [4.78, 5) is 50.3. The standard InChI is InChI=1S/C20H23N3O7/c24-16(21-10-13-4-3-8-28-13)12-30-17(25)11-23-18(26)20(22-19(23)27)7-9-29-15-6-2-1-5-14(15)20/h1-2,5-6,13H,3-4,7-12H2,(H,21,24)(H,22,27)/t13-,20-/m1/s1. The number of nitrogens with zero attached hydrogens (tertiary/aromatic N) is 1. The van der Waals surface area contributed by atoms with Crippen LogP contribution in [-0.4, -0.2) is 67.7 Å². The summed E-state index contributed by atoms with van der Waals surface area (Å²) in [7, 11) is 0. The van der Waals surface area contributed by atoms with E-state index in [1.165, 1.54) is 0 Å². The van der Waals surface area contributed by atoms with Crippen molar-refractivity contribution in [2.24, 2.45) is 0 Å². The Hall–Kier alpha value is -3.14. The largest absolute Gasteiger partial charge is 0.493 e. The molecule has 0 aromatic heterocycles. The van der Waals surface area contributed by atoms with Gasteiger partial charge in [-0.2, -0.15) is 0 Å². The van der Waals surface area contributed by atoms with Gasteiger partial charge in [-0.25, -0.2) is 4.79 Å². The lowest BCUT2D eigenvalue weighted by atomic mass is 9.84. The number of urea groups is 1. The molecule has 3 aliphatic rings. The second-order valence-corrected chi connectivity index (χ2v) is 7.42. The molecule has 4 rings (SSSR count). The number of carbonyl (C=O) groups is 4. The number of esters is 1. The summed E-state index contributed by atoms with van der Waals surface area (Å²) in [5.41, 5.74) is -0.704. The molecule has 0 aliphatic carbocycles. The fraction of sp³-hybridized carbons (Fsp3) is 0.500. The summed E-state index contributed by atoms with van der Waals surface area (Å²) in [5, 5.41) is 5.34. The maximum absolute atomic E-state index is 13.1. The molecule has 1 aromatic carbocycles. The van der Waals surface area contributed by atoms with Gasteiger partial charge in [-0.3, -0.25) is 19.3 Å². The number of hydrogen-bond donors (Lipinski definition) is 2. The first-order valence-corrected chi connectivity index (χ1v) is 9.90. The third kappa shape index (κ3) is 3.82. The fourth-order valence-electron chi connectivity index (χ4n) is 3.92. The number of rotatable bonds is 6. The molecular weight excluding hydrogens is 394 g/mol. The number of para-hydroxylation sites is 1. The van der Waals surface area contributed by atoms with Gasteiger partial charge in [0.1, 0.15) is 12.3 Å². The van der Waals surface area contributed by atoms with E-state index in [-0.39, 0.29) is 19.1 Å². The first kappa shape index (κ1) is 20.1. The maximum Gasteiger partial charge on any atom is 0.326 e. The third-order valence-electron chi connectivity index (χ3n) is 5.46. The number of benzene rings is 1. The van der Waals surface area contributed by atoms with Gasteiger partial charge >= 0.3 is 12.0 Å². The van der Waals surface area contributed by atoms with Crippen LogP contribution in [0.1, 0.15) is 24.8 Å². The van der Waals surface area contributed by atoms with Gasteiger partial charge in [0, 0.05) is 25.1 Å². The number of fused-ring (bicyclic) bond motifs is 2. The molecule has 2 atom stereocenters. The van der Waals surface area contributed by atoms with Gasteiger partial charge in [-0.15, -0.1) is 0 Å². The number of hydrogen-bond acceptors (Lipinski definition) is 7. The summed E-state index contributed by atoms with van der Waals surface area (Å²) in [6.45, 7) is 0.227. The molecule has 160 valence electrons. The van der Waals surface area contributed by atoms with Crippen molar-refractivity contribution in [1.29, 1.82) is 0 Å². The topological polar surface area (TPSA) is 123 Å². The molecule has 10 heteroatoms. The van der Waals surface area contributed by atoms with E-state index in [2.05, 4.69) is 10.6 Å². The lowest BCUT2D eigenvalue weighted by Gasteiger charge is -2.33. The Labute approximate surface area is 172 Å². The average Bonchev–Trinajstić information content (AvgIpc) is 3.34. The van der Waals surface area contributed by atoms with Crippen LogP contribution >= 0.6 is 0 Å². The first-order chi connectivity index (χ1) is 14.5. The second-order valence-electron chi connectivity index (χ2n) is 7.42. The van der Waals surface area contributed by atoms with Crippen LogP contribution in [-0.2, 0) is 29.4 Å². The van der Waals surface area contributed by atoms with Crippen LogP contribution in [0.2, 0.25) is 0 Å². The highest BCUT2D eigenvalue weighted by atomic mass is 16.5. The average molecular weight is 417 g/mol. The number of amides is 4. The van der Waals surface area contributed by atoms with Gasteiger partial charge < -0.3 is 24.8 Å². The highest BCUT2D eigenvalue weighted by molar-refractivity contribution is 6.09. The summed E-state index contributed by atoms with van der Waals surface area (Å²) in [6, 6.07) is 6.28. The minimum Gasteiger partial charge on any atom is -0.493 e. The van der Waals surface area contributed by atoms with Crippen LogP contribution in [0, 0.1) is 0 Å². The molecule has 2 N–H and O–H groups in total. The Morgan fingerprint density at radius 3 is 2.90 bits per heavy atom. The van der Waals surface area contributed by atoms with Crippen LogP contribution in [0.5, 0.6) is 5.75 Å². The zero-order valence-electron chi connectivity index (χ0n) is 16.3. The predicted molar refractivity (Wildman–Crippen MR) is 101 cm³/mol. The van der Waals surface area contributed by atoms with Gasteiger partial charge in [-0.05, 0) is 18.9 Å². The number of nitrogens with one attached hydrogen (secondary N) is 2. The van der Waals surface area contributed by atoms with Crippen LogP contribution in [0.3, 0.4) is 0 Å². The van der Waals surface area contributed by atoms with Gasteiger partial charge in [0.2, 0.25) is 0 Å². The van der Waals surface area contributed by atoms with E-state index in [0.29, 0.717) is 24.5 Å². The van der Waals surface area contributed by atoms with Gasteiger partial charge in [0.25, 0.3) is 11.8 Å². The molecule has 0 unspecified atom stereocenters. The monoisotopic (exact) mass is 417 g/mol. The van der Waals surface area contributed by atoms with Crippen LogP contribution < -0.4 is 15.4 Å². The minimum atomic E-state index is -1.26. The molecule has 3 heterocycles. The molecule has 0 bridgehead atoms. The normalized spacial score (nSPS) is 24.9. The minimum absolute atomic E-state index is 0.0193. The zero-order chi connectivity index (χ0) is 21.1. The quantitative estimate of drug-likeness (QED) is 0.495. The van der Waals surface area contributed by atoms with E-state index < -0.39 is 42.5 Å². The molecule has 1 spiro atoms. The molecule has 1 aromatic rings. The van der Waals surface area contributed by atoms with Crippen molar-refractivity contribution in [3.05, 3.63) is 29.8 Å². The van der Waals surface area contributed by atoms with Crippen LogP contribution in [0.4, 0.5) is 4.79 Å². The lowest BCUT2D eigenvalue weighted by molar-refractivity contribution is -0.151. The Morgan fingerprint density at radius 2 is 2.10 bits per heavy atom. The van der Waals surface area contributed by atoms with Crippen molar-refractivity contribution < 1.29 is 33.4 Å². The zero-order valence-corrected chi connectivity index (χ0v) is 16.3. The Balaban J connectivity index is 1.33.